The SMILES string of the molecule is CCS(=O)(=O)N1CCC(c2c[nH]c3c(C(N)=O)cc(-c4cc(F)cc(CNC5CCC5)c4)cc23)CC1.O=C(O)C(F)(F)F. The second-order valence-corrected chi connectivity index (χ2v) is 13.0. The summed E-state index contributed by atoms with van der Waals surface area (Å²) in [5.74, 6) is -3.39. The van der Waals surface area contributed by atoms with Crippen LogP contribution < -0.4 is 11.1 Å². The summed E-state index contributed by atoms with van der Waals surface area (Å²) in [4.78, 5) is 24.5. The van der Waals surface area contributed by atoms with Crippen molar-refractivity contribution in [2.24, 2.45) is 5.73 Å². The lowest BCUT2D eigenvalue weighted by Crippen LogP contribution is -2.38. The molecule has 2 heterocycles. The maximum absolute atomic E-state index is 14.6. The Morgan fingerprint density at radius 2 is 1.70 bits per heavy atom. The second kappa shape index (κ2) is 13.0. The Bertz CT molecular complexity index is 1590. The van der Waals surface area contributed by atoms with Crippen molar-refractivity contribution in [2.45, 2.75) is 63.7 Å². The summed E-state index contributed by atoms with van der Waals surface area (Å²) in [6, 6.07) is 9.19. The average molecular weight is 627 g/mol. The van der Waals surface area contributed by atoms with Gasteiger partial charge in [0, 0.05) is 37.3 Å². The number of sulfonamides is 1. The molecule has 0 unspecified atom stereocenters. The number of hydrogen-bond acceptors (Lipinski definition) is 5. The number of carbonyl (C=O) groups excluding carboxylic acids is 1. The number of aromatic nitrogens is 1. The Morgan fingerprint density at radius 3 is 2.23 bits per heavy atom. The van der Waals surface area contributed by atoms with Crippen molar-refractivity contribution in [1.29, 1.82) is 0 Å². The van der Waals surface area contributed by atoms with E-state index in [-0.39, 0.29) is 17.5 Å². The van der Waals surface area contributed by atoms with Crippen LogP contribution in [-0.4, -0.2) is 65.8 Å². The Hall–Kier alpha value is -3.49. The first kappa shape index (κ1) is 32.4. The number of aliphatic carboxylic acids is 1. The van der Waals surface area contributed by atoms with Crippen LogP contribution in [0.2, 0.25) is 0 Å². The van der Waals surface area contributed by atoms with Gasteiger partial charge in [0.05, 0.1) is 16.8 Å². The quantitative estimate of drug-likeness (QED) is 0.263. The molecule has 1 aromatic heterocycles. The highest BCUT2D eigenvalue weighted by molar-refractivity contribution is 7.89. The first-order valence-corrected chi connectivity index (χ1v) is 15.6. The lowest BCUT2D eigenvalue weighted by atomic mass is 9.88. The summed E-state index contributed by atoms with van der Waals surface area (Å²) in [5.41, 5.74) is 10.1. The lowest BCUT2D eigenvalue weighted by Gasteiger charge is -2.31. The predicted molar refractivity (Wildman–Crippen MR) is 153 cm³/mol. The highest BCUT2D eigenvalue weighted by Crippen LogP contribution is 2.37. The molecule has 0 bridgehead atoms. The second-order valence-electron chi connectivity index (χ2n) is 10.8. The van der Waals surface area contributed by atoms with Crippen molar-refractivity contribution in [3.05, 3.63) is 59.0 Å². The zero-order chi connectivity index (χ0) is 31.5. The molecule has 5 N–H and O–H groups in total. The molecule has 2 aliphatic rings. The van der Waals surface area contributed by atoms with Crippen LogP contribution in [0.1, 0.15) is 66.4 Å². The van der Waals surface area contributed by atoms with E-state index in [0.29, 0.717) is 55.2 Å². The number of alkyl halides is 3. The summed E-state index contributed by atoms with van der Waals surface area (Å²) in [6.07, 6.45) is 1.74. The lowest BCUT2D eigenvalue weighted by molar-refractivity contribution is -0.192. The third kappa shape index (κ3) is 7.73. The van der Waals surface area contributed by atoms with E-state index in [4.69, 9.17) is 15.6 Å². The van der Waals surface area contributed by atoms with Crippen LogP contribution in [0.3, 0.4) is 0 Å². The minimum absolute atomic E-state index is 0.0991. The van der Waals surface area contributed by atoms with E-state index < -0.39 is 28.1 Å². The number of aromatic amines is 1. The van der Waals surface area contributed by atoms with Crippen molar-refractivity contribution in [1.82, 2.24) is 14.6 Å². The highest BCUT2D eigenvalue weighted by atomic mass is 32.2. The van der Waals surface area contributed by atoms with Gasteiger partial charge in [0.2, 0.25) is 10.0 Å². The first-order chi connectivity index (χ1) is 20.2. The van der Waals surface area contributed by atoms with E-state index in [0.717, 1.165) is 34.9 Å². The maximum atomic E-state index is 14.6. The molecular formula is C29H34F4N4O5S. The number of H-pyrrole nitrogens is 1. The van der Waals surface area contributed by atoms with Crippen LogP contribution >= 0.6 is 0 Å². The Kier molecular flexibility index (Phi) is 9.82. The van der Waals surface area contributed by atoms with Crippen molar-refractivity contribution < 1.29 is 40.7 Å². The summed E-state index contributed by atoms with van der Waals surface area (Å²) in [6.45, 7) is 3.19. The molecule has 43 heavy (non-hydrogen) atoms. The first-order valence-electron chi connectivity index (χ1n) is 14.0. The van der Waals surface area contributed by atoms with E-state index in [1.807, 2.05) is 18.3 Å². The molecule has 0 atom stereocenters. The van der Waals surface area contributed by atoms with Gasteiger partial charge in [0.25, 0.3) is 5.91 Å². The molecule has 1 amide bonds. The van der Waals surface area contributed by atoms with E-state index in [1.165, 1.54) is 12.5 Å². The largest absolute Gasteiger partial charge is 0.490 e. The molecular weight excluding hydrogens is 592 g/mol. The topological polar surface area (TPSA) is 146 Å². The monoisotopic (exact) mass is 626 g/mol. The van der Waals surface area contributed by atoms with Crippen LogP contribution in [0.15, 0.2) is 36.5 Å². The molecule has 2 aromatic carbocycles. The van der Waals surface area contributed by atoms with Gasteiger partial charge in [-0.1, -0.05) is 6.42 Å². The van der Waals surface area contributed by atoms with Crippen molar-refractivity contribution in [3.63, 3.8) is 0 Å². The standard InChI is InChI=1S/C27H33FN4O3S.C2HF3O2/c1-2-36(34,35)32-8-6-18(7-9-32)25-16-31-26-23(25)13-20(14-24(26)27(29)33)19-10-17(11-21(28)12-19)15-30-22-4-3-5-22;3-2(4,5)1(6)7/h10-14,16,18,22,30-31H,2-9,15H2,1H3,(H2,29,33);(H,6,7). The molecule has 1 aliphatic heterocycles. The van der Waals surface area contributed by atoms with Crippen molar-refractivity contribution >= 4 is 32.8 Å². The molecule has 3 aromatic rings. The molecule has 2 fully saturated rings. The normalized spacial score (nSPS) is 16.9. The molecule has 1 saturated carbocycles. The van der Waals surface area contributed by atoms with E-state index in [1.54, 1.807) is 23.4 Å². The summed E-state index contributed by atoms with van der Waals surface area (Å²) in [5, 5.41) is 11.5. The number of fused-ring (bicyclic) bond motifs is 1. The third-order valence-electron chi connectivity index (χ3n) is 7.97. The van der Waals surface area contributed by atoms with E-state index in [2.05, 4.69) is 10.3 Å². The fraction of sp³-hybridized carbons (Fsp3) is 0.448. The third-order valence-corrected chi connectivity index (χ3v) is 9.85. The van der Waals surface area contributed by atoms with Gasteiger partial charge in [0.15, 0.2) is 0 Å². The fourth-order valence-corrected chi connectivity index (χ4v) is 6.51. The average Bonchev–Trinajstić information content (AvgIpc) is 3.35. The number of nitrogens with two attached hydrogens (primary N) is 1. The molecule has 5 rings (SSSR count). The molecule has 0 spiro atoms. The molecule has 1 aliphatic carbocycles. The van der Waals surface area contributed by atoms with Crippen LogP contribution in [0.25, 0.3) is 22.0 Å². The molecule has 9 nitrogen and oxygen atoms in total. The molecule has 0 radical (unpaired) electrons. The molecule has 14 heteroatoms. The van der Waals surface area contributed by atoms with Crippen LogP contribution in [0.5, 0.6) is 0 Å². The van der Waals surface area contributed by atoms with E-state index in [9.17, 15) is 30.8 Å². The number of nitrogens with one attached hydrogen (secondary N) is 2. The number of rotatable bonds is 8. The van der Waals surface area contributed by atoms with Crippen molar-refractivity contribution in [3.8, 4) is 11.1 Å². The Labute approximate surface area is 246 Å². The minimum atomic E-state index is -5.08. The number of halogens is 4. The minimum Gasteiger partial charge on any atom is -0.475 e. The van der Waals surface area contributed by atoms with Crippen LogP contribution in [-0.2, 0) is 21.4 Å². The zero-order valence-corrected chi connectivity index (χ0v) is 24.3. The van der Waals surface area contributed by atoms with E-state index >= 15 is 0 Å². The van der Waals surface area contributed by atoms with Gasteiger partial charge < -0.3 is 21.1 Å². The van der Waals surface area contributed by atoms with Gasteiger partial charge >= 0.3 is 12.1 Å². The smallest absolute Gasteiger partial charge is 0.475 e. The van der Waals surface area contributed by atoms with Gasteiger partial charge in [-0.15, -0.1) is 0 Å². The van der Waals surface area contributed by atoms with Crippen LogP contribution in [0.4, 0.5) is 17.6 Å². The fourth-order valence-electron chi connectivity index (χ4n) is 5.37. The number of primary amides is 1. The Morgan fingerprint density at radius 1 is 1.07 bits per heavy atom. The number of piperidine rings is 1. The number of carboxylic acid groups (broad SMARTS) is 1. The number of carbonyl (C=O) groups is 2. The number of nitrogens with zero attached hydrogens (tertiary/aromatic N) is 1. The van der Waals surface area contributed by atoms with Gasteiger partial charge in [-0.2, -0.15) is 13.2 Å². The van der Waals surface area contributed by atoms with Crippen molar-refractivity contribution in [2.75, 3.05) is 18.8 Å². The van der Waals surface area contributed by atoms with Gasteiger partial charge in [-0.05, 0) is 91.1 Å². The molecule has 234 valence electrons. The van der Waals surface area contributed by atoms with Gasteiger partial charge in [0.1, 0.15) is 5.82 Å². The summed E-state index contributed by atoms with van der Waals surface area (Å²) in [7, 11) is -3.21. The summed E-state index contributed by atoms with van der Waals surface area (Å²) >= 11 is 0. The zero-order valence-electron chi connectivity index (χ0n) is 23.5. The predicted octanol–water partition coefficient (Wildman–Crippen LogP) is 4.88. The van der Waals surface area contributed by atoms with Gasteiger partial charge in [-0.25, -0.2) is 21.9 Å². The number of carboxylic acids is 1. The van der Waals surface area contributed by atoms with Gasteiger partial charge in [-0.3, -0.25) is 4.79 Å². The summed E-state index contributed by atoms with van der Waals surface area (Å²) < 4.78 is 72.4. The molecule has 1 saturated heterocycles. The number of benzene rings is 2. The highest BCUT2D eigenvalue weighted by Gasteiger charge is 2.38. The number of amides is 1. The van der Waals surface area contributed by atoms with Crippen LogP contribution in [0, 0.1) is 5.82 Å². The maximum Gasteiger partial charge on any atom is 0.490 e. The number of hydrogen-bond donors (Lipinski definition) is 4. The Balaban J connectivity index is 0.000000541.